The molecule has 1 unspecified atom stereocenters. The van der Waals surface area contributed by atoms with Crippen molar-refractivity contribution in [2.75, 3.05) is 35.0 Å². The second-order valence-electron chi connectivity index (χ2n) is 7.39. The molecule has 2 aliphatic rings. The van der Waals surface area contributed by atoms with Crippen molar-refractivity contribution in [3.8, 4) is 0 Å². The van der Waals surface area contributed by atoms with E-state index in [2.05, 4.69) is 9.62 Å². The minimum atomic E-state index is -3.70. The smallest absolute Gasteiger partial charge is 0.241 e. The van der Waals surface area contributed by atoms with Gasteiger partial charge in [0.15, 0.2) is 0 Å². The van der Waals surface area contributed by atoms with Crippen LogP contribution in [-0.2, 0) is 14.8 Å². The molecule has 2 heterocycles. The maximum atomic E-state index is 12.4. The highest BCUT2D eigenvalue weighted by Gasteiger charge is 2.27. The maximum Gasteiger partial charge on any atom is 0.241 e. The summed E-state index contributed by atoms with van der Waals surface area (Å²) in [4.78, 5) is 16.4. The molecule has 26 heavy (non-hydrogen) atoms. The zero-order valence-corrected chi connectivity index (χ0v) is 16.3. The molecule has 0 spiro atoms. The zero-order chi connectivity index (χ0) is 18.6. The highest BCUT2D eigenvalue weighted by Crippen LogP contribution is 2.22. The van der Waals surface area contributed by atoms with Gasteiger partial charge in [-0.25, -0.2) is 8.42 Å². The fraction of sp³-hybridized carbons (Fsp3) is 0.632. The lowest BCUT2D eigenvalue weighted by Crippen LogP contribution is -2.45. The Morgan fingerprint density at radius 3 is 2.35 bits per heavy atom. The van der Waals surface area contributed by atoms with Crippen LogP contribution in [0.4, 0.5) is 11.4 Å². The van der Waals surface area contributed by atoms with Gasteiger partial charge in [0.05, 0.1) is 0 Å². The predicted octanol–water partition coefficient (Wildman–Crippen LogP) is 2.82. The number of hydrogen-bond acceptors (Lipinski definition) is 4. The van der Waals surface area contributed by atoms with Crippen molar-refractivity contribution < 1.29 is 13.2 Å². The van der Waals surface area contributed by atoms with E-state index in [9.17, 15) is 13.2 Å². The molecule has 1 N–H and O–H groups in total. The van der Waals surface area contributed by atoms with E-state index in [1.807, 2.05) is 19.1 Å². The standard InChI is InChI=1S/C19H29N3O3S/c1-16-7-3-6-14-22(16)19(23)15-26(24,25)20-17-8-10-18(11-9-17)21-12-4-2-5-13-21/h8-11,16,20H,2-7,12-15H2,1H3. The first-order valence-electron chi connectivity index (χ1n) is 9.59. The number of likely N-dealkylation sites (tertiary alicyclic amines) is 1. The number of carbonyl (C=O) groups is 1. The molecule has 7 heteroatoms. The number of nitrogens with zero attached hydrogens (tertiary/aromatic N) is 2. The van der Waals surface area contributed by atoms with Crippen LogP contribution in [0.5, 0.6) is 0 Å². The summed E-state index contributed by atoms with van der Waals surface area (Å²) >= 11 is 0. The summed E-state index contributed by atoms with van der Waals surface area (Å²) in [5, 5.41) is 0. The number of hydrogen-bond donors (Lipinski definition) is 1. The third kappa shape index (κ3) is 4.90. The lowest BCUT2D eigenvalue weighted by molar-refractivity contribution is -0.131. The van der Waals surface area contributed by atoms with Gasteiger partial charge in [-0.05, 0) is 69.7 Å². The van der Waals surface area contributed by atoms with Crippen molar-refractivity contribution in [2.24, 2.45) is 0 Å². The number of amides is 1. The van der Waals surface area contributed by atoms with E-state index >= 15 is 0 Å². The topological polar surface area (TPSA) is 69.7 Å². The van der Waals surface area contributed by atoms with Gasteiger partial charge in [-0.15, -0.1) is 0 Å². The van der Waals surface area contributed by atoms with Crippen molar-refractivity contribution in [3.63, 3.8) is 0 Å². The Balaban J connectivity index is 1.59. The Morgan fingerprint density at radius 1 is 1.04 bits per heavy atom. The number of rotatable bonds is 5. The molecule has 1 amide bonds. The molecule has 0 aromatic heterocycles. The average Bonchev–Trinajstić information content (AvgIpc) is 2.62. The van der Waals surface area contributed by atoms with Gasteiger partial charge in [0, 0.05) is 37.1 Å². The molecule has 2 aliphatic heterocycles. The monoisotopic (exact) mass is 379 g/mol. The molecule has 0 radical (unpaired) electrons. The molecule has 0 saturated carbocycles. The normalized spacial score (nSPS) is 21.5. The fourth-order valence-corrected chi connectivity index (χ4v) is 4.88. The zero-order valence-electron chi connectivity index (χ0n) is 15.5. The summed E-state index contributed by atoms with van der Waals surface area (Å²) in [6.45, 7) is 4.73. The minimum absolute atomic E-state index is 0.121. The molecular formula is C19H29N3O3S. The number of benzene rings is 1. The SMILES string of the molecule is CC1CCCCN1C(=O)CS(=O)(=O)Nc1ccc(N2CCCCC2)cc1. The second kappa shape index (κ2) is 8.29. The van der Waals surface area contributed by atoms with Crippen LogP contribution in [0.1, 0.15) is 45.4 Å². The average molecular weight is 380 g/mol. The Morgan fingerprint density at radius 2 is 1.69 bits per heavy atom. The van der Waals surface area contributed by atoms with Crippen LogP contribution in [0.15, 0.2) is 24.3 Å². The molecule has 2 saturated heterocycles. The first-order chi connectivity index (χ1) is 12.4. The van der Waals surface area contributed by atoms with Gasteiger partial charge in [-0.2, -0.15) is 0 Å². The van der Waals surface area contributed by atoms with E-state index in [4.69, 9.17) is 0 Å². The van der Waals surface area contributed by atoms with E-state index in [1.54, 1.807) is 17.0 Å². The molecule has 144 valence electrons. The molecule has 1 atom stereocenters. The van der Waals surface area contributed by atoms with E-state index < -0.39 is 15.8 Å². The van der Waals surface area contributed by atoms with E-state index in [0.717, 1.165) is 38.0 Å². The molecular weight excluding hydrogens is 350 g/mol. The summed E-state index contributed by atoms with van der Waals surface area (Å²) in [5.41, 5.74) is 1.62. The Labute approximate surface area is 156 Å². The lowest BCUT2D eigenvalue weighted by Gasteiger charge is -2.33. The van der Waals surface area contributed by atoms with Crippen LogP contribution in [0.2, 0.25) is 0 Å². The second-order valence-corrected chi connectivity index (χ2v) is 9.11. The van der Waals surface area contributed by atoms with Crippen LogP contribution in [0.25, 0.3) is 0 Å². The van der Waals surface area contributed by atoms with Crippen molar-refractivity contribution in [1.29, 1.82) is 0 Å². The van der Waals surface area contributed by atoms with Gasteiger partial charge < -0.3 is 9.80 Å². The van der Waals surface area contributed by atoms with Crippen LogP contribution in [0.3, 0.4) is 0 Å². The number of carbonyl (C=O) groups excluding carboxylic acids is 1. The number of piperidine rings is 2. The Kier molecular flexibility index (Phi) is 6.06. The van der Waals surface area contributed by atoms with Crippen LogP contribution >= 0.6 is 0 Å². The summed E-state index contributed by atoms with van der Waals surface area (Å²) in [7, 11) is -3.70. The van der Waals surface area contributed by atoms with E-state index in [1.165, 1.54) is 19.3 Å². The van der Waals surface area contributed by atoms with E-state index in [-0.39, 0.29) is 11.9 Å². The van der Waals surface area contributed by atoms with Gasteiger partial charge in [0.1, 0.15) is 5.75 Å². The Hall–Kier alpha value is -1.76. The van der Waals surface area contributed by atoms with Gasteiger partial charge in [-0.1, -0.05) is 0 Å². The van der Waals surface area contributed by atoms with Gasteiger partial charge in [0.25, 0.3) is 0 Å². The quantitative estimate of drug-likeness (QED) is 0.854. The number of sulfonamides is 1. The molecule has 1 aromatic carbocycles. The number of anilines is 2. The van der Waals surface area contributed by atoms with Gasteiger partial charge in [-0.3, -0.25) is 9.52 Å². The minimum Gasteiger partial charge on any atom is -0.372 e. The molecule has 0 aliphatic carbocycles. The van der Waals surface area contributed by atoms with E-state index in [0.29, 0.717) is 12.2 Å². The van der Waals surface area contributed by atoms with Crippen LogP contribution in [-0.4, -0.2) is 50.7 Å². The number of nitrogens with one attached hydrogen (secondary N) is 1. The van der Waals surface area contributed by atoms with Crippen molar-refractivity contribution in [2.45, 2.75) is 51.5 Å². The van der Waals surface area contributed by atoms with Crippen LogP contribution in [0, 0.1) is 0 Å². The third-order valence-corrected chi connectivity index (χ3v) is 6.47. The molecule has 0 bridgehead atoms. The molecule has 3 rings (SSSR count). The largest absolute Gasteiger partial charge is 0.372 e. The van der Waals surface area contributed by atoms with Crippen molar-refractivity contribution >= 4 is 27.3 Å². The van der Waals surface area contributed by atoms with Crippen molar-refractivity contribution in [1.82, 2.24) is 4.90 Å². The third-order valence-electron chi connectivity index (χ3n) is 5.30. The summed E-state index contributed by atoms with van der Waals surface area (Å²) in [6.07, 6.45) is 6.66. The Bertz CT molecular complexity index is 712. The van der Waals surface area contributed by atoms with Crippen LogP contribution < -0.4 is 9.62 Å². The molecule has 2 fully saturated rings. The fourth-order valence-electron chi connectivity index (χ4n) is 3.82. The van der Waals surface area contributed by atoms with Gasteiger partial charge >= 0.3 is 0 Å². The maximum absolute atomic E-state index is 12.4. The first-order valence-corrected chi connectivity index (χ1v) is 11.2. The molecule has 6 nitrogen and oxygen atoms in total. The molecule has 1 aromatic rings. The summed E-state index contributed by atoms with van der Waals surface area (Å²) < 4.78 is 27.3. The predicted molar refractivity (Wildman–Crippen MR) is 105 cm³/mol. The summed E-state index contributed by atoms with van der Waals surface area (Å²) in [6, 6.07) is 7.55. The summed E-state index contributed by atoms with van der Waals surface area (Å²) in [5.74, 6) is -0.805. The van der Waals surface area contributed by atoms with Crippen molar-refractivity contribution in [3.05, 3.63) is 24.3 Å². The highest BCUT2D eigenvalue weighted by atomic mass is 32.2. The first kappa shape index (κ1) is 19.0. The highest BCUT2D eigenvalue weighted by molar-refractivity contribution is 7.93. The lowest BCUT2D eigenvalue weighted by atomic mass is 10.0. The van der Waals surface area contributed by atoms with Gasteiger partial charge in [0.2, 0.25) is 15.9 Å².